The Morgan fingerprint density at radius 1 is 1.24 bits per heavy atom. The molecule has 12 nitrogen and oxygen atoms in total. The molecule has 0 spiro atoms. The van der Waals surface area contributed by atoms with Gasteiger partial charge >= 0.3 is 6.09 Å². The minimum atomic E-state index is -0.716. The van der Waals surface area contributed by atoms with Crippen molar-refractivity contribution in [3.63, 3.8) is 0 Å². The lowest BCUT2D eigenvalue weighted by atomic mass is 10.0. The van der Waals surface area contributed by atoms with E-state index in [0.717, 1.165) is 6.20 Å². The van der Waals surface area contributed by atoms with E-state index in [9.17, 15) is 14.4 Å². The van der Waals surface area contributed by atoms with Crippen LogP contribution in [0.25, 0.3) is 5.65 Å². The Hall–Kier alpha value is -4.57. The van der Waals surface area contributed by atoms with Gasteiger partial charge in [0.25, 0.3) is 0 Å². The van der Waals surface area contributed by atoms with Gasteiger partial charge in [0.15, 0.2) is 6.10 Å². The van der Waals surface area contributed by atoms with E-state index in [2.05, 4.69) is 21.1 Å². The smallest absolute Gasteiger partial charge is 0.410 e. The topological polar surface area (TPSA) is 153 Å². The quantitative estimate of drug-likeness (QED) is 0.239. The summed E-state index contributed by atoms with van der Waals surface area (Å²) < 4.78 is 32.2. The molecule has 13 heteroatoms. The first-order valence-corrected chi connectivity index (χ1v) is 13.5. The molecule has 1 saturated heterocycles. The lowest BCUT2D eigenvalue weighted by molar-refractivity contribution is 0.0207. The number of nitriles is 1. The number of halogens is 1. The van der Waals surface area contributed by atoms with Crippen LogP contribution in [0.2, 0.25) is 0 Å². The van der Waals surface area contributed by atoms with Crippen LogP contribution in [0.3, 0.4) is 0 Å². The predicted molar refractivity (Wildman–Crippen MR) is 154 cm³/mol. The summed E-state index contributed by atoms with van der Waals surface area (Å²) in [6.45, 7) is 8.51. The largest absolute Gasteiger partial charge is 0.466 e. The van der Waals surface area contributed by atoms with Gasteiger partial charge in [0, 0.05) is 31.8 Å². The maximum absolute atomic E-state index is 13.5. The molecule has 3 aromatic heterocycles. The number of hydrogen-bond donors (Lipinski definition) is 1. The van der Waals surface area contributed by atoms with E-state index in [4.69, 9.17) is 25.0 Å². The first-order valence-electron chi connectivity index (χ1n) is 13.5. The summed E-state index contributed by atoms with van der Waals surface area (Å²) in [7, 11) is 1.51. The van der Waals surface area contributed by atoms with Crippen LogP contribution >= 0.6 is 0 Å². The lowest BCUT2D eigenvalue weighted by Crippen LogP contribution is -2.42. The molecule has 4 heterocycles. The predicted octanol–water partition coefficient (Wildman–Crippen LogP) is 4.03. The Kier molecular flexibility index (Phi) is 9.37. The summed E-state index contributed by atoms with van der Waals surface area (Å²) in [5.41, 5.74) is 2.17. The molecule has 0 bridgehead atoms. The average molecular weight is 579 g/mol. The van der Waals surface area contributed by atoms with Crippen LogP contribution in [-0.4, -0.2) is 75.2 Å². The van der Waals surface area contributed by atoms with E-state index >= 15 is 0 Å². The number of carbonyl (C=O) groups excluding carboxylic acids is 1. The fourth-order valence-corrected chi connectivity index (χ4v) is 4.65. The van der Waals surface area contributed by atoms with Crippen LogP contribution in [0.15, 0.2) is 46.8 Å². The second kappa shape index (κ2) is 12.9. The van der Waals surface area contributed by atoms with Crippen LogP contribution in [0.1, 0.15) is 63.6 Å². The number of aromatic nitrogens is 3. The standard InChI is InChI=1S/C29H35FN8O4/c1-18(35-21-8-10-37(11-9-21)28(39)42-29(2,3)4)27(36-32)19-12-25-34-16-22(14-31)38(25)26(13-19)41-24(17-40-5)23-7-6-20(30)15-33-23/h6-7,12-13,15-16,21,24H,8-11,17,32H2,1-5H3/b35-18?,36-27+. The first kappa shape index (κ1) is 30.4. The van der Waals surface area contributed by atoms with Crippen molar-refractivity contribution in [1.82, 2.24) is 19.3 Å². The monoisotopic (exact) mass is 578 g/mol. The SMILES string of the molecule is COCC(Oc1cc(/C(=N/N)C(C)=NC2CCN(C(=O)OC(C)(C)C)CC2)cc2ncc(C#N)n12)c1ccc(F)cn1. The number of fused-ring (bicyclic) bond motifs is 1. The number of hydrazone groups is 1. The van der Waals surface area contributed by atoms with E-state index in [1.54, 1.807) is 21.4 Å². The molecule has 1 fully saturated rings. The molecule has 1 aliphatic rings. The van der Waals surface area contributed by atoms with Crippen LogP contribution in [0, 0.1) is 17.1 Å². The third kappa shape index (κ3) is 7.19. The highest BCUT2D eigenvalue weighted by Crippen LogP contribution is 2.27. The van der Waals surface area contributed by atoms with Crippen LogP contribution < -0.4 is 10.6 Å². The molecule has 1 aliphatic heterocycles. The number of carbonyl (C=O) groups is 1. The zero-order valence-electron chi connectivity index (χ0n) is 24.4. The van der Waals surface area contributed by atoms with Gasteiger partial charge in [-0.3, -0.25) is 14.4 Å². The van der Waals surface area contributed by atoms with Crippen LogP contribution in [0.5, 0.6) is 5.88 Å². The van der Waals surface area contributed by atoms with Crippen molar-refractivity contribution in [2.24, 2.45) is 15.9 Å². The highest BCUT2D eigenvalue weighted by Gasteiger charge is 2.27. The van der Waals surface area contributed by atoms with E-state index in [1.807, 2.05) is 27.7 Å². The Bertz CT molecular complexity index is 1510. The van der Waals surface area contributed by atoms with Gasteiger partial charge in [-0.05, 0) is 58.7 Å². The molecule has 3 aromatic rings. The Morgan fingerprint density at radius 3 is 2.57 bits per heavy atom. The minimum absolute atomic E-state index is 0.0351. The van der Waals surface area contributed by atoms with Crippen molar-refractivity contribution in [3.05, 3.63) is 59.4 Å². The summed E-state index contributed by atoms with van der Waals surface area (Å²) in [6, 6.07) is 8.31. The van der Waals surface area contributed by atoms with E-state index in [1.165, 1.54) is 25.4 Å². The molecule has 2 N–H and O–H groups in total. The number of likely N-dealkylation sites (tertiary alicyclic amines) is 1. The molecule has 1 amide bonds. The highest BCUT2D eigenvalue weighted by atomic mass is 19.1. The first-order chi connectivity index (χ1) is 20.0. The van der Waals surface area contributed by atoms with Crippen LogP contribution in [-0.2, 0) is 9.47 Å². The third-order valence-corrected chi connectivity index (χ3v) is 6.59. The van der Waals surface area contributed by atoms with Gasteiger partial charge in [0.2, 0.25) is 5.88 Å². The van der Waals surface area contributed by atoms with Gasteiger partial charge in [-0.15, -0.1) is 0 Å². The Balaban J connectivity index is 1.61. The number of methoxy groups -OCH3 is 1. The molecule has 0 saturated carbocycles. The number of rotatable bonds is 8. The highest BCUT2D eigenvalue weighted by molar-refractivity contribution is 6.47. The minimum Gasteiger partial charge on any atom is -0.466 e. The molecule has 4 rings (SSSR count). The van der Waals surface area contributed by atoms with Gasteiger partial charge in [-0.1, -0.05) is 0 Å². The fourth-order valence-electron chi connectivity index (χ4n) is 4.65. The number of nitrogens with zero attached hydrogens (tertiary/aromatic N) is 7. The number of imidazole rings is 1. The van der Waals surface area contributed by atoms with Gasteiger partial charge in [0.1, 0.15) is 34.5 Å². The summed E-state index contributed by atoms with van der Waals surface area (Å²) in [5.74, 6) is 5.65. The van der Waals surface area contributed by atoms with Crippen LogP contribution in [0.4, 0.5) is 9.18 Å². The molecule has 222 valence electrons. The summed E-state index contributed by atoms with van der Waals surface area (Å²) in [4.78, 5) is 27.5. The van der Waals surface area contributed by atoms with Crippen molar-refractivity contribution in [3.8, 4) is 11.9 Å². The molecular weight excluding hydrogens is 543 g/mol. The fraction of sp³-hybridized carbons (Fsp3) is 0.448. The zero-order valence-corrected chi connectivity index (χ0v) is 24.4. The summed E-state index contributed by atoms with van der Waals surface area (Å²) >= 11 is 0. The van der Waals surface area contributed by atoms with E-state index < -0.39 is 17.5 Å². The number of ether oxygens (including phenoxy) is 3. The van der Waals surface area contributed by atoms with Crippen molar-refractivity contribution in [2.45, 2.75) is 58.3 Å². The number of hydrogen-bond acceptors (Lipinski definition) is 10. The Labute approximate surface area is 243 Å². The molecular formula is C29H35FN8O4. The van der Waals surface area contributed by atoms with Gasteiger partial charge in [0.05, 0.1) is 36.4 Å². The maximum atomic E-state index is 13.5. The van der Waals surface area contributed by atoms with Gasteiger partial charge < -0.3 is 25.0 Å². The molecule has 42 heavy (non-hydrogen) atoms. The van der Waals surface area contributed by atoms with E-state index in [-0.39, 0.29) is 30.3 Å². The van der Waals surface area contributed by atoms with Crippen molar-refractivity contribution in [2.75, 3.05) is 26.8 Å². The van der Waals surface area contributed by atoms with Gasteiger partial charge in [-0.2, -0.15) is 10.4 Å². The zero-order chi connectivity index (χ0) is 30.4. The normalized spacial score (nSPS) is 15.9. The number of aliphatic imine (C=N–C) groups is 1. The number of pyridine rings is 2. The lowest BCUT2D eigenvalue weighted by Gasteiger charge is -2.32. The molecule has 1 unspecified atom stereocenters. The third-order valence-electron chi connectivity index (χ3n) is 6.59. The molecule has 0 radical (unpaired) electrons. The Morgan fingerprint density at radius 2 is 1.98 bits per heavy atom. The average Bonchev–Trinajstić information content (AvgIpc) is 3.36. The molecule has 0 aromatic carbocycles. The maximum Gasteiger partial charge on any atom is 0.410 e. The molecule has 0 aliphatic carbocycles. The molecule has 1 atom stereocenters. The van der Waals surface area contributed by atoms with Crippen molar-refractivity contribution in [1.29, 1.82) is 5.26 Å². The second-order valence-corrected chi connectivity index (χ2v) is 10.9. The van der Waals surface area contributed by atoms with Gasteiger partial charge in [-0.25, -0.2) is 14.2 Å². The van der Waals surface area contributed by atoms with E-state index in [0.29, 0.717) is 54.3 Å². The van der Waals surface area contributed by atoms with Crippen molar-refractivity contribution < 1.29 is 23.4 Å². The second-order valence-electron chi connectivity index (χ2n) is 10.9. The number of piperidine rings is 1. The van der Waals surface area contributed by atoms with Crippen molar-refractivity contribution >= 4 is 23.2 Å². The summed E-state index contributed by atoms with van der Waals surface area (Å²) in [5, 5.41) is 13.7. The summed E-state index contributed by atoms with van der Waals surface area (Å²) in [6.07, 6.45) is 2.82. The number of amides is 1. The number of nitrogens with two attached hydrogens (primary N) is 1.